The lowest BCUT2D eigenvalue weighted by atomic mass is 10.1. The predicted molar refractivity (Wildman–Crippen MR) is 68.2 cm³/mol. The monoisotopic (exact) mass is 271 g/mol. The van der Waals surface area contributed by atoms with E-state index in [1.165, 1.54) is 11.5 Å². The molecule has 0 aliphatic heterocycles. The Kier molecular flexibility index (Phi) is 3.46. The number of nitrogens with zero attached hydrogens (tertiary/aromatic N) is 4. The fourth-order valence-electron chi connectivity index (χ4n) is 1.78. The van der Waals surface area contributed by atoms with Crippen LogP contribution in [0.5, 0.6) is 0 Å². The van der Waals surface area contributed by atoms with E-state index in [9.17, 15) is 0 Å². The lowest BCUT2D eigenvalue weighted by Crippen LogP contribution is -2.15. The Labute approximate surface area is 109 Å². The molecule has 0 radical (unpaired) electrons. The fourth-order valence-corrected chi connectivity index (χ4v) is 2.66. The third-order valence-corrected chi connectivity index (χ3v) is 4.15. The first-order chi connectivity index (χ1) is 8.00. The zero-order valence-corrected chi connectivity index (χ0v) is 11.5. The Morgan fingerprint density at radius 1 is 1.41 bits per heavy atom. The van der Waals surface area contributed by atoms with E-state index >= 15 is 0 Å². The average molecular weight is 272 g/mol. The predicted octanol–water partition coefficient (Wildman–Crippen LogP) is 1.78. The molecule has 7 heteroatoms. The van der Waals surface area contributed by atoms with E-state index in [1.54, 1.807) is 4.68 Å². The molecule has 0 amide bonds. The van der Waals surface area contributed by atoms with Gasteiger partial charge in [0.1, 0.15) is 0 Å². The maximum absolute atomic E-state index is 6.19. The first-order valence-electron chi connectivity index (χ1n) is 5.23. The van der Waals surface area contributed by atoms with Crippen LogP contribution in [-0.4, -0.2) is 19.4 Å². The standard InChI is InChI=1S/C10H14ClN5S/c1-5-9(11)8(16(3)14-5)4-7(12)10-6(2)13-15-17-10/h7H,4,12H2,1-3H3. The van der Waals surface area contributed by atoms with Gasteiger partial charge in [-0.3, -0.25) is 4.68 Å². The van der Waals surface area contributed by atoms with Crippen LogP contribution in [0.15, 0.2) is 0 Å². The molecule has 92 valence electrons. The zero-order valence-electron chi connectivity index (χ0n) is 9.94. The summed E-state index contributed by atoms with van der Waals surface area (Å²) < 4.78 is 5.67. The summed E-state index contributed by atoms with van der Waals surface area (Å²) in [5.74, 6) is 0. The summed E-state index contributed by atoms with van der Waals surface area (Å²) in [4.78, 5) is 1.000. The van der Waals surface area contributed by atoms with Gasteiger partial charge in [0, 0.05) is 19.5 Å². The molecule has 2 aromatic rings. The van der Waals surface area contributed by atoms with Gasteiger partial charge < -0.3 is 5.73 Å². The van der Waals surface area contributed by atoms with Crippen molar-refractivity contribution in [3.63, 3.8) is 0 Å². The summed E-state index contributed by atoms with van der Waals surface area (Å²) in [6.07, 6.45) is 0.640. The Balaban J connectivity index is 2.24. The highest BCUT2D eigenvalue weighted by Gasteiger charge is 2.18. The second-order valence-electron chi connectivity index (χ2n) is 4.00. The molecule has 0 aliphatic carbocycles. The molecule has 0 fully saturated rings. The lowest BCUT2D eigenvalue weighted by molar-refractivity contribution is 0.643. The van der Waals surface area contributed by atoms with Crippen LogP contribution < -0.4 is 5.73 Å². The third kappa shape index (κ3) is 2.34. The highest BCUT2D eigenvalue weighted by atomic mass is 35.5. The van der Waals surface area contributed by atoms with Crippen molar-refractivity contribution in [1.82, 2.24) is 19.4 Å². The van der Waals surface area contributed by atoms with Gasteiger partial charge in [-0.1, -0.05) is 16.1 Å². The quantitative estimate of drug-likeness (QED) is 0.924. The summed E-state index contributed by atoms with van der Waals surface area (Å²) in [6, 6.07) is -0.137. The van der Waals surface area contributed by atoms with Crippen LogP contribution in [0.2, 0.25) is 5.02 Å². The fraction of sp³-hybridized carbons (Fsp3) is 0.500. The molecule has 1 atom stereocenters. The number of aromatic nitrogens is 4. The maximum atomic E-state index is 6.19. The van der Waals surface area contributed by atoms with Crippen LogP contribution in [0, 0.1) is 13.8 Å². The molecule has 1 unspecified atom stereocenters. The maximum Gasteiger partial charge on any atom is 0.0847 e. The molecular weight excluding hydrogens is 258 g/mol. The van der Waals surface area contributed by atoms with Crippen molar-refractivity contribution in [2.24, 2.45) is 12.8 Å². The smallest absolute Gasteiger partial charge is 0.0847 e. The van der Waals surface area contributed by atoms with Gasteiger partial charge in [-0.05, 0) is 25.4 Å². The minimum atomic E-state index is -0.137. The summed E-state index contributed by atoms with van der Waals surface area (Å²) in [6.45, 7) is 3.80. The van der Waals surface area contributed by atoms with Gasteiger partial charge >= 0.3 is 0 Å². The summed E-state index contributed by atoms with van der Waals surface area (Å²) in [7, 11) is 1.87. The molecule has 0 saturated heterocycles. The molecule has 0 bridgehead atoms. The van der Waals surface area contributed by atoms with E-state index < -0.39 is 0 Å². The second kappa shape index (κ2) is 4.72. The van der Waals surface area contributed by atoms with Gasteiger partial charge in [0.05, 0.1) is 27.0 Å². The Morgan fingerprint density at radius 2 is 2.12 bits per heavy atom. The van der Waals surface area contributed by atoms with Crippen LogP contribution in [0.3, 0.4) is 0 Å². The zero-order chi connectivity index (χ0) is 12.6. The van der Waals surface area contributed by atoms with Crippen molar-refractivity contribution in [3.05, 3.63) is 27.0 Å². The minimum Gasteiger partial charge on any atom is -0.323 e. The second-order valence-corrected chi connectivity index (χ2v) is 5.17. The van der Waals surface area contributed by atoms with Gasteiger partial charge in [0.15, 0.2) is 0 Å². The molecule has 0 aromatic carbocycles. The van der Waals surface area contributed by atoms with Crippen LogP contribution in [-0.2, 0) is 13.5 Å². The Bertz CT molecular complexity index is 533. The van der Waals surface area contributed by atoms with Crippen LogP contribution in [0.25, 0.3) is 0 Å². The SMILES string of the molecule is Cc1nnsc1C(N)Cc1c(Cl)c(C)nn1C. The summed E-state index contributed by atoms with van der Waals surface area (Å²) in [5, 5.41) is 8.92. The largest absolute Gasteiger partial charge is 0.323 e. The molecular formula is C10H14ClN5S. The number of halogens is 1. The number of hydrogen-bond donors (Lipinski definition) is 1. The van der Waals surface area contributed by atoms with Gasteiger partial charge in [0.25, 0.3) is 0 Å². The topological polar surface area (TPSA) is 69.6 Å². The van der Waals surface area contributed by atoms with Gasteiger partial charge in [-0.15, -0.1) is 5.10 Å². The molecule has 2 N–H and O–H groups in total. The molecule has 0 saturated carbocycles. The van der Waals surface area contributed by atoms with Crippen molar-refractivity contribution < 1.29 is 0 Å². The normalized spacial score (nSPS) is 13.0. The molecule has 2 heterocycles. The van der Waals surface area contributed by atoms with Crippen molar-refractivity contribution >= 4 is 23.1 Å². The number of nitrogens with two attached hydrogens (primary N) is 1. The molecule has 2 aromatic heterocycles. The van der Waals surface area contributed by atoms with Crippen molar-refractivity contribution in [1.29, 1.82) is 0 Å². The van der Waals surface area contributed by atoms with E-state index in [0.29, 0.717) is 11.4 Å². The van der Waals surface area contributed by atoms with Crippen LogP contribution in [0.1, 0.15) is 28.0 Å². The number of aryl methyl sites for hydroxylation is 3. The number of rotatable bonds is 3. The van der Waals surface area contributed by atoms with E-state index in [4.69, 9.17) is 17.3 Å². The molecule has 5 nitrogen and oxygen atoms in total. The van der Waals surface area contributed by atoms with E-state index in [2.05, 4.69) is 14.7 Å². The highest BCUT2D eigenvalue weighted by Crippen LogP contribution is 2.26. The van der Waals surface area contributed by atoms with Crippen molar-refractivity contribution in [2.45, 2.75) is 26.3 Å². The summed E-state index contributed by atoms with van der Waals surface area (Å²) >= 11 is 7.53. The van der Waals surface area contributed by atoms with Crippen LogP contribution in [0.4, 0.5) is 0 Å². The first-order valence-corrected chi connectivity index (χ1v) is 6.38. The van der Waals surface area contributed by atoms with Crippen LogP contribution >= 0.6 is 23.1 Å². The molecule has 0 spiro atoms. The van der Waals surface area contributed by atoms with E-state index in [0.717, 1.165) is 22.0 Å². The van der Waals surface area contributed by atoms with E-state index in [1.807, 2.05) is 20.9 Å². The van der Waals surface area contributed by atoms with Crippen molar-refractivity contribution in [2.75, 3.05) is 0 Å². The minimum absolute atomic E-state index is 0.137. The molecule has 0 aliphatic rings. The summed E-state index contributed by atoms with van der Waals surface area (Å²) in [5.41, 5.74) is 8.81. The number of hydrogen-bond acceptors (Lipinski definition) is 5. The highest BCUT2D eigenvalue weighted by molar-refractivity contribution is 7.05. The molecule has 17 heavy (non-hydrogen) atoms. The van der Waals surface area contributed by atoms with Gasteiger partial charge in [0.2, 0.25) is 0 Å². The van der Waals surface area contributed by atoms with Crippen molar-refractivity contribution in [3.8, 4) is 0 Å². The van der Waals surface area contributed by atoms with Gasteiger partial charge in [-0.25, -0.2) is 0 Å². The third-order valence-electron chi connectivity index (χ3n) is 2.70. The Morgan fingerprint density at radius 3 is 2.59 bits per heavy atom. The Hall–Kier alpha value is -0.980. The van der Waals surface area contributed by atoms with E-state index in [-0.39, 0.29) is 6.04 Å². The lowest BCUT2D eigenvalue weighted by Gasteiger charge is -2.10. The molecule has 2 rings (SSSR count). The van der Waals surface area contributed by atoms with Gasteiger partial charge in [-0.2, -0.15) is 5.10 Å². The first kappa shape index (κ1) is 12.5. The average Bonchev–Trinajstić information content (AvgIpc) is 2.78.